The molecule has 1 saturated heterocycles. The number of likely N-dealkylation sites (tertiary alicyclic amines) is 1. The fourth-order valence-corrected chi connectivity index (χ4v) is 5.52. The van der Waals surface area contributed by atoms with Gasteiger partial charge in [-0.1, -0.05) is 36.6 Å². The molecule has 8 heteroatoms. The number of aromatic nitrogens is 3. The average Bonchev–Trinajstić information content (AvgIpc) is 3.43. The number of hydrogen-bond donors (Lipinski definition) is 0. The summed E-state index contributed by atoms with van der Waals surface area (Å²) in [5, 5.41) is 5.33. The Labute approximate surface area is 194 Å². The van der Waals surface area contributed by atoms with Crippen LogP contribution in [0.4, 0.5) is 0 Å². The third-order valence-corrected chi connectivity index (χ3v) is 7.44. The van der Waals surface area contributed by atoms with Crippen molar-refractivity contribution in [2.75, 3.05) is 26.8 Å². The summed E-state index contributed by atoms with van der Waals surface area (Å²) in [4.78, 5) is 28.5. The topological polar surface area (TPSA) is 69.4 Å². The van der Waals surface area contributed by atoms with Crippen LogP contribution in [0.15, 0.2) is 29.1 Å². The Bertz CT molecular complexity index is 984. The van der Waals surface area contributed by atoms with Crippen LogP contribution in [0.3, 0.4) is 0 Å². The average molecular weight is 461 g/mol. The molecule has 1 aromatic heterocycles. The van der Waals surface area contributed by atoms with E-state index >= 15 is 0 Å². The van der Waals surface area contributed by atoms with Crippen LogP contribution < -0.4 is 5.69 Å². The maximum Gasteiger partial charge on any atom is 0.345 e. The van der Waals surface area contributed by atoms with Gasteiger partial charge in [0, 0.05) is 37.7 Å². The van der Waals surface area contributed by atoms with Crippen LogP contribution >= 0.6 is 11.6 Å². The Morgan fingerprint density at radius 2 is 1.84 bits per heavy atom. The third kappa shape index (κ3) is 4.25. The van der Waals surface area contributed by atoms with Crippen LogP contribution in [0.5, 0.6) is 0 Å². The molecule has 4 rings (SSSR count). The molecule has 1 aromatic carbocycles. The molecule has 174 valence electrons. The quantitative estimate of drug-likeness (QED) is 0.633. The number of carbonyl (C=O) groups excluding carboxylic acids is 1. The van der Waals surface area contributed by atoms with Gasteiger partial charge in [-0.05, 0) is 50.3 Å². The van der Waals surface area contributed by atoms with Gasteiger partial charge in [-0.25, -0.2) is 9.48 Å². The molecule has 7 nitrogen and oxygen atoms in total. The molecule has 0 spiro atoms. The summed E-state index contributed by atoms with van der Waals surface area (Å²) in [5.41, 5.74) is 0.582. The van der Waals surface area contributed by atoms with Gasteiger partial charge in [-0.2, -0.15) is 5.10 Å². The van der Waals surface area contributed by atoms with E-state index in [1.54, 1.807) is 11.7 Å². The number of methoxy groups -OCH3 is 1. The first-order chi connectivity index (χ1) is 15.5. The van der Waals surface area contributed by atoms with Gasteiger partial charge in [-0.15, -0.1) is 0 Å². The lowest BCUT2D eigenvalue weighted by Crippen LogP contribution is -2.48. The fourth-order valence-electron chi connectivity index (χ4n) is 5.40. The standard InChI is InChI=1S/C24H33ClN4O3/c1-3-28-21(26-29(23(28)31)16-17-32-2)18-10-14-27(15-11-18)22(30)24(12-4-5-13-24)19-6-8-20(25)9-7-19/h6-9,18H,3-5,10-17H2,1-2H3. The molecule has 0 N–H and O–H groups in total. The second kappa shape index (κ2) is 9.79. The Morgan fingerprint density at radius 3 is 2.44 bits per heavy atom. The molecule has 1 amide bonds. The van der Waals surface area contributed by atoms with E-state index in [2.05, 4.69) is 5.10 Å². The lowest BCUT2D eigenvalue weighted by molar-refractivity contribution is -0.138. The zero-order valence-corrected chi connectivity index (χ0v) is 19.8. The molecule has 32 heavy (non-hydrogen) atoms. The maximum atomic E-state index is 13.8. The minimum Gasteiger partial charge on any atom is -0.383 e. The molecular weight excluding hydrogens is 428 g/mol. The van der Waals surface area contributed by atoms with Crippen molar-refractivity contribution in [2.45, 2.75) is 69.9 Å². The number of nitrogens with zero attached hydrogens (tertiary/aromatic N) is 4. The molecule has 0 atom stereocenters. The van der Waals surface area contributed by atoms with Gasteiger partial charge in [0.2, 0.25) is 5.91 Å². The molecule has 1 aliphatic carbocycles. The molecule has 1 aliphatic heterocycles. The van der Waals surface area contributed by atoms with Crippen LogP contribution in [0, 0.1) is 0 Å². The van der Waals surface area contributed by atoms with E-state index in [4.69, 9.17) is 16.3 Å². The normalized spacial score (nSPS) is 18.9. The van der Waals surface area contributed by atoms with E-state index in [-0.39, 0.29) is 17.5 Å². The van der Waals surface area contributed by atoms with Gasteiger partial charge in [0.05, 0.1) is 18.6 Å². The van der Waals surface area contributed by atoms with Gasteiger partial charge in [0.25, 0.3) is 0 Å². The molecule has 2 aliphatic rings. The Kier molecular flexibility index (Phi) is 7.05. The SMILES string of the molecule is CCn1c(C2CCN(C(=O)C3(c4ccc(Cl)cc4)CCCC3)CC2)nn(CCOC)c1=O. The van der Waals surface area contributed by atoms with Crippen LogP contribution in [-0.2, 0) is 28.0 Å². The summed E-state index contributed by atoms with van der Waals surface area (Å²) in [5.74, 6) is 1.27. The van der Waals surface area contributed by atoms with Crippen molar-refractivity contribution in [1.29, 1.82) is 0 Å². The summed E-state index contributed by atoms with van der Waals surface area (Å²) >= 11 is 6.10. The highest BCUT2D eigenvalue weighted by atomic mass is 35.5. The first kappa shape index (κ1) is 23.1. The maximum absolute atomic E-state index is 13.8. The van der Waals surface area contributed by atoms with E-state index < -0.39 is 5.41 Å². The molecule has 0 radical (unpaired) electrons. The minimum absolute atomic E-state index is 0.0781. The van der Waals surface area contributed by atoms with Crippen molar-refractivity contribution in [1.82, 2.24) is 19.2 Å². The zero-order chi connectivity index (χ0) is 22.7. The van der Waals surface area contributed by atoms with E-state index in [9.17, 15) is 9.59 Å². The van der Waals surface area contributed by atoms with Gasteiger partial charge in [-0.3, -0.25) is 9.36 Å². The highest BCUT2D eigenvalue weighted by Crippen LogP contribution is 2.43. The van der Waals surface area contributed by atoms with Crippen molar-refractivity contribution in [3.05, 3.63) is 51.2 Å². The first-order valence-corrected chi connectivity index (χ1v) is 12.1. The number of hydrogen-bond acceptors (Lipinski definition) is 4. The molecule has 1 saturated carbocycles. The number of amides is 1. The summed E-state index contributed by atoms with van der Waals surface area (Å²) in [6.45, 7) is 4.88. The fraction of sp³-hybridized carbons (Fsp3) is 0.625. The predicted octanol–water partition coefficient (Wildman–Crippen LogP) is 3.58. The molecule has 0 bridgehead atoms. The highest BCUT2D eigenvalue weighted by molar-refractivity contribution is 6.30. The summed E-state index contributed by atoms with van der Waals surface area (Å²) in [7, 11) is 1.62. The number of rotatable bonds is 7. The minimum atomic E-state index is -0.426. The van der Waals surface area contributed by atoms with Crippen molar-refractivity contribution in [2.24, 2.45) is 0 Å². The Morgan fingerprint density at radius 1 is 1.19 bits per heavy atom. The van der Waals surface area contributed by atoms with Crippen LogP contribution in [0.2, 0.25) is 5.02 Å². The summed E-state index contributed by atoms with van der Waals surface area (Å²) < 4.78 is 8.39. The van der Waals surface area contributed by atoms with Crippen LogP contribution in [0.25, 0.3) is 0 Å². The zero-order valence-electron chi connectivity index (χ0n) is 19.1. The monoisotopic (exact) mass is 460 g/mol. The van der Waals surface area contributed by atoms with E-state index in [0.29, 0.717) is 37.8 Å². The van der Waals surface area contributed by atoms with Crippen LogP contribution in [-0.4, -0.2) is 52.0 Å². The number of carbonyl (C=O) groups is 1. The number of piperidine rings is 1. The molecule has 0 unspecified atom stereocenters. The van der Waals surface area contributed by atoms with Crippen molar-refractivity contribution in [3.63, 3.8) is 0 Å². The van der Waals surface area contributed by atoms with E-state index in [1.807, 2.05) is 36.1 Å². The molecule has 2 fully saturated rings. The Hall–Kier alpha value is -2.12. The third-order valence-electron chi connectivity index (χ3n) is 7.19. The number of benzene rings is 1. The first-order valence-electron chi connectivity index (χ1n) is 11.7. The summed E-state index contributed by atoms with van der Waals surface area (Å²) in [6, 6.07) is 7.82. The largest absolute Gasteiger partial charge is 0.383 e. The Balaban J connectivity index is 1.49. The number of ether oxygens (including phenoxy) is 1. The van der Waals surface area contributed by atoms with Crippen molar-refractivity contribution < 1.29 is 9.53 Å². The molecule has 2 heterocycles. The lowest BCUT2D eigenvalue weighted by atomic mass is 9.77. The smallest absolute Gasteiger partial charge is 0.345 e. The lowest BCUT2D eigenvalue weighted by Gasteiger charge is -2.38. The van der Waals surface area contributed by atoms with Crippen molar-refractivity contribution >= 4 is 17.5 Å². The second-order valence-corrected chi connectivity index (χ2v) is 9.40. The van der Waals surface area contributed by atoms with Crippen LogP contribution in [0.1, 0.15) is 62.8 Å². The summed E-state index contributed by atoms with van der Waals surface area (Å²) in [6.07, 6.45) is 5.59. The number of halogens is 1. The van der Waals surface area contributed by atoms with Gasteiger partial charge in [0.15, 0.2) is 0 Å². The van der Waals surface area contributed by atoms with Crippen molar-refractivity contribution in [3.8, 4) is 0 Å². The highest BCUT2D eigenvalue weighted by Gasteiger charge is 2.45. The van der Waals surface area contributed by atoms with Gasteiger partial charge >= 0.3 is 5.69 Å². The van der Waals surface area contributed by atoms with Gasteiger partial charge in [0.1, 0.15) is 5.82 Å². The predicted molar refractivity (Wildman–Crippen MR) is 124 cm³/mol. The van der Waals surface area contributed by atoms with E-state index in [0.717, 1.165) is 49.9 Å². The van der Waals surface area contributed by atoms with E-state index in [1.165, 1.54) is 4.68 Å². The second-order valence-electron chi connectivity index (χ2n) is 8.96. The van der Waals surface area contributed by atoms with Gasteiger partial charge < -0.3 is 9.64 Å². The molecular formula is C24H33ClN4O3. The molecule has 2 aromatic rings.